The molecule has 0 atom stereocenters. The molecule has 0 aliphatic carbocycles. The summed E-state index contributed by atoms with van der Waals surface area (Å²) in [6, 6.07) is 5.18. The SMILES string of the molecule is CC.Cc1nc2c(c(N3CCC3)n1)CN(C(=O)OC1CN(c3ccc(C#N)c(C(F)(F)F)c3)C1)C2. The number of hydrogen-bond acceptors (Lipinski definition) is 7. The second kappa shape index (κ2) is 9.60. The predicted molar refractivity (Wildman–Crippen MR) is 123 cm³/mol. The number of carbonyl (C=O) groups is 1. The van der Waals surface area contributed by atoms with Crippen molar-refractivity contribution in [3.8, 4) is 6.07 Å². The van der Waals surface area contributed by atoms with Gasteiger partial charge in [-0.2, -0.15) is 18.4 Å². The number of nitrogens with zero attached hydrogens (tertiary/aromatic N) is 6. The minimum atomic E-state index is -4.61. The van der Waals surface area contributed by atoms with E-state index >= 15 is 0 Å². The van der Waals surface area contributed by atoms with E-state index in [0.717, 1.165) is 48.7 Å². The molecule has 1 aromatic carbocycles. The third-order valence-electron chi connectivity index (χ3n) is 6.20. The van der Waals surface area contributed by atoms with Crippen LogP contribution in [0.1, 0.15) is 48.5 Å². The number of alkyl halides is 3. The topological polar surface area (TPSA) is 85.6 Å². The molecule has 0 spiro atoms. The summed E-state index contributed by atoms with van der Waals surface area (Å²) in [4.78, 5) is 27.2. The smallest absolute Gasteiger partial charge is 0.417 e. The fourth-order valence-electron chi connectivity index (χ4n) is 4.28. The van der Waals surface area contributed by atoms with Crippen LogP contribution in [0.15, 0.2) is 18.2 Å². The third-order valence-corrected chi connectivity index (χ3v) is 6.20. The fraction of sp³-hybridized carbons (Fsp3) is 0.500. The molecule has 11 heteroatoms. The van der Waals surface area contributed by atoms with Crippen molar-refractivity contribution in [1.29, 1.82) is 5.26 Å². The maximum atomic E-state index is 13.2. The number of rotatable bonds is 3. The van der Waals surface area contributed by atoms with Crippen LogP contribution in [-0.4, -0.2) is 53.2 Å². The average Bonchev–Trinajstić information content (AvgIpc) is 3.19. The summed E-state index contributed by atoms with van der Waals surface area (Å²) in [5.41, 5.74) is 0.734. The monoisotopic (exact) mass is 488 g/mol. The van der Waals surface area contributed by atoms with Gasteiger partial charge in [-0.15, -0.1) is 0 Å². The molecule has 1 aromatic heterocycles. The van der Waals surface area contributed by atoms with Gasteiger partial charge in [0.25, 0.3) is 0 Å². The van der Waals surface area contributed by atoms with Crippen LogP contribution in [0.3, 0.4) is 0 Å². The first-order chi connectivity index (χ1) is 16.7. The van der Waals surface area contributed by atoms with E-state index in [1.165, 1.54) is 6.07 Å². The van der Waals surface area contributed by atoms with Gasteiger partial charge in [0, 0.05) is 24.3 Å². The summed E-state index contributed by atoms with van der Waals surface area (Å²) in [6.45, 7) is 9.01. The lowest BCUT2D eigenvalue weighted by Crippen LogP contribution is -2.54. The Morgan fingerprint density at radius 3 is 2.46 bits per heavy atom. The van der Waals surface area contributed by atoms with Crippen molar-refractivity contribution in [2.24, 2.45) is 0 Å². The lowest BCUT2D eigenvalue weighted by atomic mass is 10.0. The zero-order valence-corrected chi connectivity index (χ0v) is 19.9. The Kier molecular flexibility index (Phi) is 6.74. The fourth-order valence-corrected chi connectivity index (χ4v) is 4.28. The van der Waals surface area contributed by atoms with Crippen LogP contribution in [0.4, 0.5) is 29.5 Å². The van der Waals surface area contributed by atoms with E-state index in [2.05, 4.69) is 14.9 Å². The molecule has 0 radical (unpaired) electrons. The molecule has 35 heavy (non-hydrogen) atoms. The number of halogens is 3. The lowest BCUT2D eigenvalue weighted by Gasteiger charge is -2.40. The van der Waals surface area contributed by atoms with Crippen LogP contribution in [0, 0.1) is 18.3 Å². The van der Waals surface area contributed by atoms with Gasteiger partial charge in [-0.3, -0.25) is 4.90 Å². The molecule has 2 aromatic rings. The van der Waals surface area contributed by atoms with Gasteiger partial charge < -0.3 is 14.5 Å². The first-order valence-electron chi connectivity index (χ1n) is 11.7. The van der Waals surface area contributed by atoms with Gasteiger partial charge in [-0.1, -0.05) is 13.8 Å². The summed E-state index contributed by atoms with van der Waals surface area (Å²) in [7, 11) is 0. The number of aryl methyl sites for hydroxylation is 1. The number of anilines is 2. The van der Waals surface area contributed by atoms with Crippen LogP contribution in [0.5, 0.6) is 0 Å². The molecule has 0 N–H and O–H groups in total. The molecule has 0 bridgehead atoms. The van der Waals surface area contributed by atoms with Gasteiger partial charge >= 0.3 is 12.3 Å². The van der Waals surface area contributed by atoms with E-state index in [1.54, 1.807) is 15.9 Å². The lowest BCUT2D eigenvalue weighted by molar-refractivity contribution is -0.137. The minimum Gasteiger partial charge on any atom is -0.442 e. The summed E-state index contributed by atoms with van der Waals surface area (Å²) in [5, 5.41) is 8.94. The summed E-state index contributed by atoms with van der Waals surface area (Å²) >= 11 is 0. The standard InChI is InChI=1S/C22H21F3N6O2.C2H6/c1-13-27-19-12-31(11-17(19)20(28-13)29-5-2-6-29)21(32)33-16-9-30(10-16)15-4-3-14(8-26)18(7-15)22(23,24)25;1-2/h3-4,7,16H,2,5-6,9-12H2,1H3;1-2H3. The molecule has 0 unspecified atom stereocenters. The summed E-state index contributed by atoms with van der Waals surface area (Å²) < 4.78 is 45.2. The van der Waals surface area contributed by atoms with E-state index in [1.807, 2.05) is 20.8 Å². The second-order valence-electron chi connectivity index (χ2n) is 8.47. The van der Waals surface area contributed by atoms with E-state index < -0.39 is 29.5 Å². The van der Waals surface area contributed by atoms with Crippen molar-refractivity contribution in [3.05, 3.63) is 46.4 Å². The number of nitriles is 1. The number of amides is 1. The van der Waals surface area contributed by atoms with E-state index in [4.69, 9.17) is 10.00 Å². The summed E-state index contributed by atoms with van der Waals surface area (Å²) in [5.74, 6) is 1.55. The van der Waals surface area contributed by atoms with Gasteiger partial charge in [-0.05, 0) is 31.5 Å². The molecule has 0 saturated carbocycles. The molecule has 2 fully saturated rings. The molecule has 3 aliphatic rings. The van der Waals surface area contributed by atoms with Crippen molar-refractivity contribution in [2.75, 3.05) is 36.0 Å². The Balaban J connectivity index is 0.00000141. The predicted octanol–water partition coefficient (Wildman–Crippen LogP) is 4.25. The number of carbonyl (C=O) groups excluding carboxylic acids is 1. The number of aromatic nitrogens is 2. The Bertz CT molecular complexity index is 1150. The van der Waals surface area contributed by atoms with Crippen molar-refractivity contribution in [3.63, 3.8) is 0 Å². The Morgan fingerprint density at radius 1 is 1.14 bits per heavy atom. The second-order valence-corrected chi connectivity index (χ2v) is 8.47. The van der Waals surface area contributed by atoms with Gasteiger partial charge in [0.05, 0.1) is 49.1 Å². The molecule has 8 nitrogen and oxygen atoms in total. The van der Waals surface area contributed by atoms with Crippen LogP contribution >= 0.6 is 0 Å². The average molecular weight is 489 g/mol. The first kappa shape index (κ1) is 24.6. The zero-order valence-electron chi connectivity index (χ0n) is 19.9. The molecule has 5 rings (SSSR count). The molecule has 2 saturated heterocycles. The largest absolute Gasteiger partial charge is 0.442 e. The number of hydrogen-bond donors (Lipinski definition) is 0. The highest BCUT2D eigenvalue weighted by atomic mass is 19.4. The van der Waals surface area contributed by atoms with Crippen LogP contribution in [0.25, 0.3) is 0 Å². The van der Waals surface area contributed by atoms with Crippen molar-refractivity contribution < 1.29 is 22.7 Å². The van der Waals surface area contributed by atoms with Crippen LogP contribution < -0.4 is 9.80 Å². The molecular formula is C24H27F3N6O2. The molecule has 4 heterocycles. The quantitative estimate of drug-likeness (QED) is 0.638. The highest BCUT2D eigenvalue weighted by molar-refractivity contribution is 5.70. The van der Waals surface area contributed by atoms with Gasteiger partial charge in [0.2, 0.25) is 0 Å². The van der Waals surface area contributed by atoms with Crippen molar-refractivity contribution in [1.82, 2.24) is 14.9 Å². The summed E-state index contributed by atoms with van der Waals surface area (Å²) in [6.07, 6.45) is -4.39. The highest BCUT2D eigenvalue weighted by Crippen LogP contribution is 2.36. The Hall–Kier alpha value is -3.55. The van der Waals surface area contributed by atoms with Gasteiger partial charge in [0.1, 0.15) is 17.7 Å². The van der Waals surface area contributed by atoms with Crippen LogP contribution in [-0.2, 0) is 24.0 Å². The van der Waals surface area contributed by atoms with Crippen molar-refractivity contribution in [2.45, 2.75) is 52.6 Å². The van der Waals surface area contributed by atoms with Gasteiger partial charge in [-0.25, -0.2) is 14.8 Å². The minimum absolute atomic E-state index is 0.285. The van der Waals surface area contributed by atoms with E-state index in [9.17, 15) is 18.0 Å². The van der Waals surface area contributed by atoms with Gasteiger partial charge in [0.15, 0.2) is 0 Å². The first-order valence-corrected chi connectivity index (χ1v) is 11.7. The van der Waals surface area contributed by atoms with Crippen LogP contribution in [0.2, 0.25) is 0 Å². The maximum absolute atomic E-state index is 13.2. The van der Waals surface area contributed by atoms with Crippen molar-refractivity contribution >= 4 is 17.6 Å². The van der Waals surface area contributed by atoms with E-state index in [0.29, 0.717) is 24.6 Å². The maximum Gasteiger partial charge on any atom is 0.417 e. The molecule has 186 valence electrons. The highest BCUT2D eigenvalue weighted by Gasteiger charge is 2.38. The molecular weight excluding hydrogens is 461 g/mol. The van der Waals surface area contributed by atoms with E-state index in [-0.39, 0.29) is 13.1 Å². The molecule has 1 amide bonds. The number of ether oxygens (including phenoxy) is 1. The molecule has 3 aliphatic heterocycles. The third kappa shape index (κ3) is 4.83. The number of benzene rings is 1. The normalized spacial score (nSPS) is 17.0. The number of fused-ring (bicyclic) bond motifs is 1. The Labute approximate surface area is 201 Å². The zero-order chi connectivity index (χ0) is 25.3. The Morgan fingerprint density at radius 2 is 1.86 bits per heavy atom.